The van der Waals surface area contributed by atoms with Gasteiger partial charge in [0.25, 0.3) is 0 Å². The lowest BCUT2D eigenvalue weighted by Crippen LogP contribution is -2.48. The van der Waals surface area contributed by atoms with Gasteiger partial charge in [-0.05, 0) is 37.8 Å². The molecule has 2 aliphatic heterocycles. The van der Waals surface area contributed by atoms with Gasteiger partial charge in [0.1, 0.15) is 5.82 Å². The fraction of sp³-hybridized carbons (Fsp3) is 0.647. The van der Waals surface area contributed by atoms with Gasteiger partial charge in [0.05, 0.1) is 18.8 Å². The number of carboxylic acids is 1. The second-order valence-corrected chi connectivity index (χ2v) is 6.42. The van der Waals surface area contributed by atoms with Gasteiger partial charge in [-0.15, -0.1) is 0 Å². The third kappa shape index (κ3) is 3.82. The molecule has 6 heteroatoms. The van der Waals surface area contributed by atoms with Gasteiger partial charge in [-0.2, -0.15) is 0 Å². The van der Waals surface area contributed by atoms with Crippen LogP contribution < -0.4 is 4.90 Å². The number of aromatic carboxylic acids is 1. The fourth-order valence-electron chi connectivity index (χ4n) is 3.59. The Bertz CT molecular complexity index is 520. The lowest BCUT2D eigenvalue weighted by Gasteiger charge is -2.41. The molecule has 1 N–H and O–H groups in total. The standard InChI is InChI=1S/C17H25N3O3/c1-13(19-8-10-23-11-9-19)14-4-6-20(7-5-14)16-3-2-15(12-18-16)17(21)22/h2-3,12-14H,4-11H2,1H3,(H,21,22). The number of hydrogen-bond acceptors (Lipinski definition) is 5. The molecule has 3 heterocycles. The second-order valence-electron chi connectivity index (χ2n) is 6.42. The highest BCUT2D eigenvalue weighted by atomic mass is 16.5. The van der Waals surface area contributed by atoms with Gasteiger partial charge >= 0.3 is 5.97 Å². The summed E-state index contributed by atoms with van der Waals surface area (Å²) >= 11 is 0. The zero-order valence-electron chi connectivity index (χ0n) is 13.6. The predicted octanol–water partition coefficient (Wildman–Crippen LogP) is 1.72. The number of carboxylic acid groups (broad SMARTS) is 1. The minimum Gasteiger partial charge on any atom is -0.478 e. The summed E-state index contributed by atoms with van der Waals surface area (Å²) in [6.45, 7) is 8.09. The number of aromatic nitrogens is 1. The topological polar surface area (TPSA) is 65.9 Å². The van der Waals surface area contributed by atoms with Crippen molar-refractivity contribution in [2.24, 2.45) is 5.92 Å². The molecule has 2 aliphatic rings. The van der Waals surface area contributed by atoms with E-state index in [1.807, 2.05) is 6.07 Å². The molecule has 126 valence electrons. The number of ether oxygens (including phenoxy) is 1. The third-order valence-corrected chi connectivity index (χ3v) is 5.16. The van der Waals surface area contributed by atoms with Gasteiger partial charge in [0, 0.05) is 38.4 Å². The average Bonchev–Trinajstić information content (AvgIpc) is 2.62. The Morgan fingerprint density at radius 2 is 1.96 bits per heavy atom. The number of morpholine rings is 1. The first kappa shape index (κ1) is 16.2. The van der Waals surface area contributed by atoms with Gasteiger partial charge in [-0.1, -0.05) is 0 Å². The molecule has 1 unspecified atom stereocenters. The highest BCUT2D eigenvalue weighted by Crippen LogP contribution is 2.27. The molecular formula is C17H25N3O3. The van der Waals surface area contributed by atoms with Crippen molar-refractivity contribution in [2.45, 2.75) is 25.8 Å². The first-order chi connectivity index (χ1) is 11.1. The van der Waals surface area contributed by atoms with E-state index in [0.717, 1.165) is 58.1 Å². The van der Waals surface area contributed by atoms with Crippen LogP contribution in [0, 0.1) is 5.92 Å². The van der Waals surface area contributed by atoms with E-state index < -0.39 is 5.97 Å². The molecule has 2 saturated heterocycles. The molecule has 1 aromatic heterocycles. The summed E-state index contributed by atoms with van der Waals surface area (Å²) < 4.78 is 5.44. The second kappa shape index (κ2) is 7.27. The number of anilines is 1. The van der Waals surface area contributed by atoms with Crippen LogP contribution in [0.4, 0.5) is 5.82 Å². The quantitative estimate of drug-likeness (QED) is 0.911. The predicted molar refractivity (Wildman–Crippen MR) is 88.0 cm³/mol. The van der Waals surface area contributed by atoms with Crippen LogP contribution in [0.15, 0.2) is 18.3 Å². The summed E-state index contributed by atoms with van der Waals surface area (Å²) in [5, 5.41) is 8.94. The number of rotatable bonds is 4. The third-order valence-electron chi connectivity index (χ3n) is 5.16. The van der Waals surface area contributed by atoms with Gasteiger partial charge in [0.15, 0.2) is 0 Å². The molecule has 0 bridgehead atoms. The van der Waals surface area contributed by atoms with Crippen molar-refractivity contribution in [1.29, 1.82) is 0 Å². The SMILES string of the molecule is CC(C1CCN(c2ccc(C(=O)O)cn2)CC1)N1CCOCC1. The van der Waals surface area contributed by atoms with Crippen molar-refractivity contribution in [1.82, 2.24) is 9.88 Å². The van der Waals surface area contributed by atoms with Gasteiger partial charge in [0.2, 0.25) is 0 Å². The van der Waals surface area contributed by atoms with Crippen molar-refractivity contribution >= 4 is 11.8 Å². The summed E-state index contributed by atoms with van der Waals surface area (Å²) in [7, 11) is 0. The van der Waals surface area contributed by atoms with Gasteiger partial charge in [-0.3, -0.25) is 4.90 Å². The number of hydrogen-bond donors (Lipinski definition) is 1. The minimum atomic E-state index is -0.929. The van der Waals surface area contributed by atoms with Crippen LogP contribution in [0.2, 0.25) is 0 Å². The lowest BCUT2D eigenvalue weighted by atomic mass is 9.89. The maximum atomic E-state index is 10.9. The molecule has 0 aromatic carbocycles. The van der Waals surface area contributed by atoms with E-state index in [2.05, 4.69) is 21.7 Å². The lowest BCUT2D eigenvalue weighted by molar-refractivity contribution is 0.00448. The molecule has 0 aliphatic carbocycles. The van der Waals surface area contributed by atoms with Crippen molar-refractivity contribution in [3.63, 3.8) is 0 Å². The molecule has 0 spiro atoms. The first-order valence-corrected chi connectivity index (χ1v) is 8.41. The number of nitrogens with zero attached hydrogens (tertiary/aromatic N) is 3. The van der Waals surface area contributed by atoms with Gasteiger partial charge < -0.3 is 14.7 Å². The van der Waals surface area contributed by atoms with Crippen molar-refractivity contribution in [3.05, 3.63) is 23.9 Å². The Morgan fingerprint density at radius 3 is 2.52 bits per heavy atom. The Hall–Kier alpha value is -1.66. The summed E-state index contributed by atoms with van der Waals surface area (Å²) in [4.78, 5) is 20.0. The Morgan fingerprint density at radius 1 is 1.26 bits per heavy atom. The normalized spacial score (nSPS) is 22.0. The monoisotopic (exact) mass is 319 g/mol. The number of piperidine rings is 1. The molecule has 6 nitrogen and oxygen atoms in total. The van der Waals surface area contributed by atoms with E-state index >= 15 is 0 Å². The molecular weight excluding hydrogens is 294 g/mol. The maximum absolute atomic E-state index is 10.9. The van der Waals surface area contributed by atoms with Crippen LogP contribution in [0.3, 0.4) is 0 Å². The highest BCUT2D eigenvalue weighted by molar-refractivity contribution is 5.87. The zero-order chi connectivity index (χ0) is 16.2. The summed E-state index contributed by atoms with van der Waals surface area (Å²) in [5.41, 5.74) is 0.240. The minimum absolute atomic E-state index is 0.240. The van der Waals surface area contributed by atoms with Crippen LogP contribution in [-0.2, 0) is 4.74 Å². The fourth-order valence-corrected chi connectivity index (χ4v) is 3.59. The van der Waals surface area contributed by atoms with E-state index in [4.69, 9.17) is 9.84 Å². The molecule has 0 amide bonds. The molecule has 3 rings (SSSR count). The molecule has 1 atom stereocenters. The van der Waals surface area contributed by atoms with Crippen LogP contribution in [-0.4, -0.2) is 66.4 Å². The summed E-state index contributed by atoms with van der Waals surface area (Å²) in [6, 6.07) is 4.05. The number of carbonyl (C=O) groups is 1. The van der Waals surface area contributed by atoms with Crippen LogP contribution in [0.1, 0.15) is 30.1 Å². The molecule has 0 saturated carbocycles. The van der Waals surface area contributed by atoms with Crippen molar-refractivity contribution in [3.8, 4) is 0 Å². The summed E-state index contributed by atoms with van der Waals surface area (Å²) in [6.07, 6.45) is 3.75. The number of pyridine rings is 1. The summed E-state index contributed by atoms with van der Waals surface area (Å²) in [5.74, 6) is 0.664. The smallest absolute Gasteiger partial charge is 0.337 e. The Kier molecular flexibility index (Phi) is 5.13. The Labute approximate surface area is 137 Å². The van der Waals surface area contributed by atoms with Crippen LogP contribution in [0.25, 0.3) is 0 Å². The average molecular weight is 319 g/mol. The maximum Gasteiger partial charge on any atom is 0.337 e. The van der Waals surface area contributed by atoms with E-state index in [9.17, 15) is 4.79 Å². The largest absolute Gasteiger partial charge is 0.478 e. The zero-order valence-corrected chi connectivity index (χ0v) is 13.6. The van der Waals surface area contributed by atoms with Crippen molar-refractivity contribution in [2.75, 3.05) is 44.3 Å². The van der Waals surface area contributed by atoms with Crippen LogP contribution in [0.5, 0.6) is 0 Å². The molecule has 23 heavy (non-hydrogen) atoms. The van der Waals surface area contributed by atoms with Crippen LogP contribution >= 0.6 is 0 Å². The molecule has 1 aromatic rings. The van der Waals surface area contributed by atoms with E-state index in [1.165, 1.54) is 6.20 Å². The van der Waals surface area contributed by atoms with E-state index in [0.29, 0.717) is 12.0 Å². The van der Waals surface area contributed by atoms with E-state index in [1.54, 1.807) is 6.07 Å². The Balaban J connectivity index is 1.54. The first-order valence-electron chi connectivity index (χ1n) is 8.41. The molecule has 2 fully saturated rings. The molecule has 0 radical (unpaired) electrons. The van der Waals surface area contributed by atoms with E-state index in [-0.39, 0.29) is 5.56 Å². The van der Waals surface area contributed by atoms with Crippen molar-refractivity contribution < 1.29 is 14.6 Å². The van der Waals surface area contributed by atoms with Gasteiger partial charge in [-0.25, -0.2) is 9.78 Å². The highest BCUT2D eigenvalue weighted by Gasteiger charge is 2.28.